The van der Waals surface area contributed by atoms with Crippen LogP contribution in [-0.2, 0) is 13.2 Å². The first-order valence-electron chi connectivity index (χ1n) is 8.13. The van der Waals surface area contributed by atoms with Crippen LogP contribution in [0, 0.1) is 11.6 Å². The summed E-state index contributed by atoms with van der Waals surface area (Å²) in [6, 6.07) is 11.0. The van der Waals surface area contributed by atoms with Gasteiger partial charge in [0.25, 0.3) is 5.56 Å². The minimum absolute atomic E-state index is 0.130. The average Bonchev–Trinajstić information content (AvgIpc) is 2.66. The number of aromatic carboxylic acids is 1. The highest BCUT2D eigenvalue weighted by Crippen LogP contribution is 2.22. The predicted molar refractivity (Wildman–Crippen MR) is 102 cm³/mol. The minimum atomic E-state index is -1.05. The van der Waals surface area contributed by atoms with Gasteiger partial charge >= 0.3 is 5.97 Å². The van der Waals surface area contributed by atoms with Crippen LogP contribution < -0.4 is 10.3 Å². The van der Waals surface area contributed by atoms with E-state index in [1.54, 1.807) is 12.1 Å². The van der Waals surface area contributed by atoms with Gasteiger partial charge in [0.15, 0.2) is 0 Å². The molecular weight excluding hydrogens is 436 g/mol. The number of hydrogen-bond donors (Lipinski definition) is 1. The number of aromatic nitrogens is 1. The molecule has 2 aromatic carbocycles. The largest absolute Gasteiger partial charge is 0.487 e. The number of nitrogens with zero attached hydrogens (tertiary/aromatic N) is 1. The van der Waals surface area contributed by atoms with Crippen LogP contribution in [0.4, 0.5) is 8.78 Å². The Labute approximate surface area is 166 Å². The molecule has 8 heteroatoms. The molecule has 28 heavy (non-hydrogen) atoms. The molecule has 3 aromatic rings. The standard InChI is InChI=1S/C20H14BrF2NO4/c21-18-17(28-11-14-4-5-15(22)9-16(14)23)6-7-24(19(18)25)10-12-2-1-3-13(8-12)20(26)27/h1-9H,10-11H2,(H,26,27). The lowest BCUT2D eigenvalue weighted by molar-refractivity contribution is 0.0696. The zero-order chi connectivity index (χ0) is 20.3. The fourth-order valence-electron chi connectivity index (χ4n) is 2.56. The Balaban J connectivity index is 1.78. The van der Waals surface area contributed by atoms with Crippen molar-refractivity contribution in [1.29, 1.82) is 0 Å². The number of ether oxygens (including phenoxy) is 1. The van der Waals surface area contributed by atoms with E-state index in [0.717, 1.165) is 12.1 Å². The highest BCUT2D eigenvalue weighted by atomic mass is 79.9. The number of rotatable bonds is 6. The lowest BCUT2D eigenvalue weighted by Gasteiger charge is -2.12. The second kappa shape index (κ2) is 8.35. The van der Waals surface area contributed by atoms with Crippen molar-refractivity contribution in [2.45, 2.75) is 13.2 Å². The Morgan fingerprint density at radius 2 is 1.93 bits per heavy atom. The van der Waals surface area contributed by atoms with Crippen molar-refractivity contribution in [2.24, 2.45) is 0 Å². The lowest BCUT2D eigenvalue weighted by atomic mass is 10.1. The third kappa shape index (κ3) is 4.45. The number of carbonyl (C=O) groups is 1. The highest BCUT2D eigenvalue weighted by Gasteiger charge is 2.12. The molecule has 0 radical (unpaired) electrons. The molecule has 0 amide bonds. The smallest absolute Gasteiger partial charge is 0.335 e. The van der Waals surface area contributed by atoms with E-state index in [1.807, 2.05) is 0 Å². The molecule has 5 nitrogen and oxygen atoms in total. The van der Waals surface area contributed by atoms with Crippen molar-refractivity contribution in [3.05, 3.63) is 97.9 Å². The molecule has 1 heterocycles. The maximum Gasteiger partial charge on any atom is 0.335 e. The molecular formula is C20H14BrF2NO4. The van der Waals surface area contributed by atoms with Gasteiger partial charge in [-0.1, -0.05) is 12.1 Å². The van der Waals surface area contributed by atoms with Crippen molar-refractivity contribution in [3.8, 4) is 5.75 Å². The molecule has 0 aliphatic heterocycles. The maximum absolute atomic E-state index is 13.7. The van der Waals surface area contributed by atoms with Crippen LogP contribution in [0.25, 0.3) is 0 Å². The van der Waals surface area contributed by atoms with E-state index in [-0.39, 0.29) is 34.5 Å². The average molecular weight is 450 g/mol. The molecule has 144 valence electrons. The summed E-state index contributed by atoms with van der Waals surface area (Å²) < 4.78 is 33.7. The van der Waals surface area contributed by atoms with Crippen LogP contribution in [0.5, 0.6) is 5.75 Å². The number of carboxylic acid groups (broad SMARTS) is 1. The van der Waals surface area contributed by atoms with E-state index in [4.69, 9.17) is 9.84 Å². The van der Waals surface area contributed by atoms with Crippen molar-refractivity contribution in [1.82, 2.24) is 4.57 Å². The van der Waals surface area contributed by atoms with Crippen LogP contribution in [0.15, 0.2) is 64.0 Å². The molecule has 0 saturated carbocycles. The second-order valence-electron chi connectivity index (χ2n) is 5.96. The van der Waals surface area contributed by atoms with Gasteiger partial charge in [0, 0.05) is 17.8 Å². The summed E-state index contributed by atoms with van der Waals surface area (Å²) in [5.74, 6) is -2.25. The van der Waals surface area contributed by atoms with Gasteiger partial charge in [-0.05, 0) is 51.8 Å². The number of carboxylic acids is 1. The summed E-state index contributed by atoms with van der Waals surface area (Å²) in [7, 11) is 0. The molecule has 0 bridgehead atoms. The fraction of sp³-hybridized carbons (Fsp3) is 0.100. The molecule has 0 atom stereocenters. The zero-order valence-electron chi connectivity index (χ0n) is 14.4. The molecule has 0 fully saturated rings. The topological polar surface area (TPSA) is 68.5 Å². The van der Waals surface area contributed by atoms with E-state index in [9.17, 15) is 18.4 Å². The Kier molecular flexibility index (Phi) is 5.89. The van der Waals surface area contributed by atoms with E-state index >= 15 is 0 Å². The van der Waals surface area contributed by atoms with Crippen LogP contribution in [0.1, 0.15) is 21.5 Å². The van der Waals surface area contributed by atoms with Gasteiger partial charge in [0.2, 0.25) is 0 Å². The monoisotopic (exact) mass is 449 g/mol. The van der Waals surface area contributed by atoms with Gasteiger partial charge in [-0.2, -0.15) is 0 Å². The number of hydrogen-bond acceptors (Lipinski definition) is 3. The summed E-state index contributed by atoms with van der Waals surface area (Å²) in [6.07, 6.45) is 1.50. The van der Waals surface area contributed by atoms with Gasteiger partial charge in [-0.15, -0.1) is 0 Å². The SMILES string of the molecule is O=C(O)c1cccc(Cn2ccc(OCc3ccc(F)cc3F)c(Br)c2=O)c1. The van der Waals surface area contributed by atoms with Crippen molar-refractivity contribution in [3.63, 3.8) is 0 Å². The zero-order valence-corrected chi connectivity index (χ0v) is 15.9. The van der Waals surface area contributed by atoms with Crippen LogP contribution in [-0.4, -0.2) is 15.6 Å². The summed E-state index contributed by atoms with van der Waals surface area (Å²) in [6.45, 7) is 0.000245. The number of benzene rings is 2. The Morgan fingerprint density at radius 1 is 1.14 bits per heavy atom. The molecule has 1 N–H and O–H groups in total. The minimum Gasteiger partial charge on any atom is -0.487 e. The van der Waals surface area contributed by atoms with Gasteiger partial charge in [-0.3, -0.25) is 4.79 Å². The molecule has 0 aliphatic rings. The molecule has 0 unspecified atom stereocenters. The first-order valence-corrected chi connectivity index (χ1v) is 8.92. The predicted octanol–water partition coefficient (Wildman–Crippen LogP) is 4.21. The van der Waals surface area contributed by atoms with Gasteiger partial charge in [-0.25, -0.2) is 13.6 Å². The Bertz CT molecular complexity index is 1100. The fourth-order valence-corrected chi connectivity index (χ4v) is 3.03. The summed E-state index contributed by atoms with van der Waals surface area (Å²) in [5, 5.41) is 9.06. The summed E-state index contributed by atoms with van der Waals surface area (Å²) in [4.78, 5) is 23.6. The third-order valence-corrected chi connectivity index (χ3v) is 4.73. The van der Waals surface area contributed by atoms with Crippen LogP contribution in [0.2, 0.25) is 0 Å². The van der Waals surface area contributed by atoms with Crippen LogP contribution >= 0.6 is 15.9 Å². The van der Waals surface area contributed by atoms with E-state index in [0.29, 0.717) is 5.56 Å². The normalized spacial score (nSPS) is 10.7. The van der Waals surface area contributed by atoms with Gasteiger partial charge in [0.05, 0.1) is 12.1 Å². The second-order valence-corrected chi connectivity index (χ2v) is 6.75. The molecule has 0 aliphatic carbocycles. The quantitative estimate of drug-likeness (QED) is 0.611. The first kappa shape index (κ1) is 19.8. The van der Waals surface area contributed by atoms with E-state index in [1.165, 1.54) is 35.0 Å². The van der Waals surface area contributed by atoms with Crippen LogP contribution in [0.3, 0.4) is 0 Å². The lowest BCUT2D eigenvalue weighted by Crippen LogP contribution is -2.21. The summed E-state index contributed by atoms with van der Waals surface area (Å²) >= 11 is 3.18. The molecule has 0 saturated heterocycles. The third-order valence-electron chi connectivity index (χ3n) is 4.00. The van der Waals surface area contributed by atoms with Gasteiger partial charge < -0.3 is 14.4 Å². The highest BCUT2D eigenvalue weighted by molar-refractivity contribution is 9.10. The van der Waals surface area contributed by atoms with Crippen molar-refractivity contribution >= 4 is 21.9 Å². The van der Waals surface area contributed by atoms with E-state index < -0.39 is 23.2 Å². The number of halogens is 3. The van der Waals surface area contributed by atoms with E-state index in [2.05, 4.69) is 15.9 Å². The molecule has 0 spiro atoms. The first-order chi connectivity index (χ1) is 13.3. The molecule has 1 aromatic heterocycles. The number of pyridine rings is 1. The molecule has 3 rings (SSSR count). The van der Waals surface area contributed by atoms with Crippen molar-refractivity contribution < 1.29 is 23.4 Å². The Morgan fingerprint density at radius 3 is 2.64 bits per heavy atom. The summed E-state index contributed by atoms with van der Waals surface area (Å²) in [5.41, 5.74) is 0.544. The maximum atomic E-state index is 13.7. The van der Waals surface area contributed by atoms with Gasteiger partial charge in [0.1, 0.15) is 28.5 Å². The van der Waals surface area contributed by atoms with Crippen molar-refractivity contribution in [2.75, 3.05) is 0 Å². The Hall–Kier alpha value is -3.00.